The average molecular weight is 917 g/mol. The summed E-state index contributed by atoms with van der Waals surface area (Å²) in [6.07, 6.45) is 21.0. The predicted molar refractivity (Wildman–Crippen MR) is 267 cm³/mol. The van der Waals surface area contributed by atoms with Crippen LogP contribution in [-0.2, 0) is 4.74 Å². The minimum atomic E-state index is -0.967. The van der Waals surface area contributed by atoms with Crippen LogP contribution in [-0.4, -0.2) is 45.1 Å². The van der Waals surface area contributed by atoms with Crippen molar-refractivity contribution in [3.8, 4) is 51.0 Å². The molecule has 0 saturated carbocycles. The molecule has 3 aliphatic heterocycles. The van der Waals surface area contributed by atoms with Gasteiger partial charge in [0.2, 0.25) is 0 Å². The van der Waals surface area contributed by atoms with Crippen LogP contribution in [0, 0.1) is 44.8 Å². The molecule has 0 atom stereocenters. The number of hydrogen-bond acceptors (Lipinski definition) is 11. The van der Waals surface area contributed by atoms with Crippen LogP contribution in [0.5, 0.6) is 23.0 Å². The lowest BCUT2D eigenvalue weighted by atomic mass is 9.79. The quantitative estimate of drug-likeness (QED) is 0.102. The molecule has 0 bridgehead atoms. The molecule has 3 aliphatic rings. The van der Waals surface area contributed by atoms with E-state index in [4.69, 9.17) is 23.7 Å². The lowest BCUT2D eigenvalue weighted by Gasteiger charge is -2.31. The van der Waals surface area contributed by atoms with Crippen LogP contribution < -0.4 is 23.8 Å². The highest BCUT2D eigenvalue weighted by molar-refractivity contribution is 7.24. The van der Waals surface area contributed by atoms with E-state index in [-0.39, 0.29) is 27.7 Å². The van der Waals surface area contributed by atoms with E-state index in [2.05, 4.69) is 88.9 Å². The first-order chi connectivity index (χ1) is 31.5. The topological polar surface area (TPSA) is 121 Å². The molecule has 65 heavy (non-hydrogen) atoms. The third kappa shape index (κ3) is 10.9. The number of hydrogen-bond donors (Lipinski definition) is 0. The molecule has 0 spiro atoms. The summed E-state index contributed by atoms with van der Waals surface area (Å²) in [5, 5.41) is 29.8. The van der Waals surface area contributed by atoms with Crippen molar-refractivity contribution in [2.75, 3.05) is 44.4 Å². The maximum Gasteiger partial charge on any atom is 0.181 e. The predicted octanol–water partition coefficient (Wildman–Crippen LogP) is 14.7. The summed E-state index contributed by atoms with van der Waals surface area (Å²) < 4.78 is 34.3. The summed E-state index contributed by atoms with van der Waals surface area (Å²) in [4.78, 5) is 6.02. The van der Waals surface area contributed by atoms with Crippen molar-refractivity contribution in [1.82, 2.24) is 0 Å². The maximum atomic E-state index is 10.4. The number of unbranched alkanes of at least 4 members (excludes halogenated alkanes) is 4. The van der Waals surface area contributed by atoms with E-state index >= 15 is 0 Å². The fraction of sp³-hybridized carbons (Fsp3) is 0.537. The maximum absolute atomic E-state index is 10.4. The Hall–Kier alpha value is -5.15. The molecule has 1 aromatic carbocycles. The monoisotopic (exact) mass is 916 g/mol. The molecule has 346 valence electrons. The molecule has 11 heteroatoms. The molecule has 5 heterocycles. The van der Waals surface area contributed by atoms with Gasteiger partial charge in [-0.25, -0.2) is 0 Å². The fourth-order valence-corrected chi connectivity index (χ4v) is 11.4. The number of anilines is 1. The first kappa shape index (κ1) is 49.3. The van der Waals surface area contributed by atoms with Gasteiger partial charge in [-0.3, -0.25) is 0 Å². The minimum absolute atomic E-state index is 0.0110. The van der Waals surface area contributed by atoms with Crippen molar-refractivity contribution in [1.29, 1.82) is 15.8 Å². The van der Waals surface area contributed by atoms with Crippen LogP contribution >= 0.6 is 22.7 Å². The van der Waals surface area contributed by atoms with E-state index in [9.17, 15) is 15.8 Å². The Morgan fingerprint density at radius 1 is 0.615 bits per heavy atom. The molecule has 0 unspecified atom stereocenters. The molecule has 0 N–H and O–H groups in total. The third-order valence-electron chi connectivity index (χ3n) is 13.2. The van der Waals surface area contributed by atoms with Gasteiger partial charge in [0.05, 0.1) is 45.9 Å². The summed E-state index contributed by atoms with van der Waals surface area (Å²) in [7, 11) is 0. The summed E-state index contributed by atoms with van der Waals surface area (Å²) in [5.74, 6) is 2.88. The van der Waals surface area contributed by atoms with Crippen molar-refractivity contribution in [2.24, 2.45) is 10.8 Å². The Morgan fingerprint density at radius 3 is 1.45 bits per heavy atom. The average Bonchev–Trinajstić information content (AvgIpc) is 3.82. The lowest BCUT2D eigenvalue weighted by molar-refractivity contribution is 0.0790. The van der Waals surface area contributed by atoms with Crippen molar-refractivity contribution >= 4 is 46.6 Å². The van der Waals surface area contributed by atoms with Crippen LogP contribution in [0.2, 0.25) is 0 Å². The Bertz CT molecular complexity index is 2340. The summed E-state index contributed by atoms with van der Waals surface area (Å²) in [6.45, 7) is 21.1. The first-order valence-corrected chi connectivity index (χ1v) is 25.6. The van der Waals surface area contributed by atoms with Crippen molar-refractivity contribution in [3.05, 3.63) is 68.1 Å². The van der Waals surface area contributed by atoms with E-state index in [1.165, 1.54) is 5.69 Å². The van der Waals surface area contributed by atoms with Crippen molar-refractivity contribution < 1.29 is 23.7 Å². The van der Waals surface area contributed by atoms with Crippen LogP contribution in [0.3, 0.4) is 0 Å². The molecule has 0 saturated heterocycles. The van der Waals surface area contributed by atoms with Crippen molar-refractivity contribution in [3.63, 3.8) is 0 Å². The zero-order chi connectivity index (χ0) is 46.6. The summed E-state index contributed by atoms with van der Waals surface area (Å²) in [6, 6.07) is 14.8. The molecular formula is C54H68N4O5S2. The van der Waals surface area contributed by atoms with Crippen molar-refractivity contribution in [2.45, 2.75) is 138 Å². The van der Waals surface area contributed by atoms with Gasteiger partial charge in [-0.1, -0.05) is 103 Å². The Kier molecular flexibility index (Phi) is 17.0. The standard InChI is InChI=1S/C54H68N4O5S2/c1-9-15-27-53(28-16-10-2)34-59-46-43(25-21-38-19-22-40(23-20-38)58(13-5)14-6)64-50(48(46)61-36-53)51-49-47(60-35-54(37-62-49,29-17-11-3)30-18-12-4)44(65-51)26-24-42-41(33-57)45(39(31-55)32-56)63-52(42,7)8/h19-26H,9-18,27-30,34-37H2,1-8H3/b25-21+,26-24+. The molecule has 0 fully saturated rings. The van der Waals surface area contributed by atoms with Gasteiger partial charge in [0.15, 0.2) is 34.3 Å². The SMILES string of the molecule is CCCCC1(CCCC)COc2c(/C=C/C3=C(C#N)C(=C(C#N)C#N)OC3(C)C)sc(-c3sc(/C=C/c4ccc(N(CC)CC)cc4)c4c3OCC(CCCC)(CCCC)CO4)c2OC1. The van der Waals surface area contributed by atoms with Gasteiger partial charge in [0, 0.05) is 35.2 Å². The highest BCUT2D eigenvalue weighted by atomic mass is 32.1. The Balaban J connectivity index is 1.52. The van der Waals surface area contributed by atoms with Crippen LogP contribution in [0.15, 0.2) is 52.8 Å². The summed E-state index contributed by atoms with van der Waals surface area (Å²) >= 11 is 3.22. The highest BCUT2D eigenvalue weighted by Gasteiger charge is 2.42. The number of nitrogens with zero attached hydrogens (tertiary/aromatic N) is 4. The number of fused-ring (bicyclic) bond motifs is 2. The number of allylic oxidation sites excluding steroid dienone is 2. The van der Waals surface area contributed by atoms with Gasteiger partial charge in [-0.2, -0.15) is 15.8 Å². The zero-order valence-corrected chi connectivity index (χ0v) is 41.6. The van der Waals surface area contributed by atoms with Gasteiger partial charge in [0.1, 0.15) is 29.4 Å². The molecular weight excluding hydrogens is 849 g/mol. The van der Waals surface area contributed by atoms with Gasteiger partial charge in [-0.15, -0.1) is 22.7 Å². The molecule has 2 aromatic heterocycles. The van der Waals surface area contributed by atoms with Crippen LogP contribution in [0.1, 0.15) is 148 Å². The smallest absolute Gasteiger partial charge is 0.181 e. The highest BCUT2D eigenvalue weighted by Crippen LogP contribution is 2.59. The number of ether oxygens (including phenoxy) is 5. The normalized spacial score (nSPS) is 17.0. The molecule has 9 nitrogen and oxygen atoms in total. The van der Waals surface area contributed by atoms with Gasteiger partial charge < -0.3 is 28.6 Å². The van der Waals surface area contributed by atoms with Crippen LogP contribution in [0.25, 0.3) is 28.0 Å². The second kappa shape index (κ2) is 22.4. The van der Waals surface area contributed by atoms with E-state index in [1.54, 1.807) is 22.7 Å². The van der Waals surface area contributed by atoms with Gasteiger partial charge in [-0.05, 0) is 83.2 Å². The molecule has 0 radical (unpaired) electrons. The minimum Gasteiger partial charge on any atom is -0.487 e. The van der Waals surface area contributed by atoms with E-state index in [0.717, 1.165) is 127 Å². The third-order valence-corrected chi connectivity index (χ3v) is 15.6. The van der Waals surface area contributed by atoms with E-state index in [1.807, 2.05) is 38.1 Å². The van der Waals surface area contributed by atoms with E-state index in [0.29, 0.717) is 43.5 Å². The summed E-state index contributed by atoms with van der Waals surface area (Å²) in [5.41, 5.74) is 1.60. The largest absolute Gasteiger partial charge is 0.487 e. The second-order valence-corrected chi connectivity index (χ2v) is 20.5. The number of thiophene rings is 2. The fourth-order valence-electron chi connectivity index (χ4n) is 9.11. The Labute approximate surface area is 396 Å². The van der Waals surface area contributed by atoms with Gasteiger partial charge >= 0.3 is 0 Å². The Morgan fingerprint density at radius 2 is 1.05 bits per heavy atom. The zero-order valence-electron chi connectivity index (χ0n) is 40.0. The van der Waals surface area contributed by atoms with E-state index < -0.39 is 5.60 Å². The molecule has 6 rings (SSSR count). The van der Waals surface area contributed by atoms with Crippen LogP contribution in [0.4, 0.5) is 5.69 Å². The van der Waals surface area contributed by atoms with Gasteiger partial charge in [0.25, 0.3) is 0 Å². The number of benzene rings is 1. The molecule has 3 aromatic rings. The first-order valence-electron chi connectivity index (χ1n) is 23.9. The number of rotatable bonds is 20. The second-order valence-electron chi connectivity index (χ2n) is 18.3. The molecule has 0 amide bonds. The lowest BCUT2D eigenvalue weighted by Crippen LogP contribution is -2.33. The number of nitriles is 3. The molecule has 0 aliphatic carbocycles.